The number of rotatable bonds is 3. The Hall–Kier alpha value is -1.87. The minimum absolute atomic E-state index is 0.573. The number of nitrogens with two attached hydrogens (primary N) is 1. The van der Waals surface area contributed by atoms with Crippen molar-refractivity contribution in [3.63, 3.8) is 0 Å². The first-order valence-electron chi connectivity index (χ1n) is 6.90. The fourth-order valence-corrected chi connectivity index (χ4v) is 2.71. The molecule has 1 aliphatic heterocycles. The summed E-state index contributed by atoms with van der Waals surface area (Å²) in [5, 5.41) is 3.88. The number of hydrogen-bond acceptors (Lipinski definition) is 3. The summed E-state index contributed by atoms with van der Waals surface area (Å²) < 4.78 is 0. The van der Waals surface area contributed by atoms with Crippen molar-refractivity contribution in [1.82, 2.24) is 0 Å². The lowest BCUT2D eigenvalue weighted by atomic mass is 10.2. The standard InChI is InChI=1S/C16H18ClN3/c17-14-4-3-5-15(16(14)18)19-12-6-8-13(9-7-12)20-10-1-2-11-20/h3-9,19H,1-2,10-11,18H2. The van der Waals surface area contributed by atoms with E-state index in [0.29, 0.717) is 10.7 Å². The van der Waals surface area contributed by atoms with Gasteiger partial charge in [-0.05, 0) is 49.2 Å². The molecule has 0 aliphatic carbocycles. The van der Waals surface area contributed by atoms with E-state index in [1.54, 1.807) is 6.07 Å². The second-order valence-electron chi connectivity index (χ2n) is 5.07. The summed E-state index contributed by atoms with van der Waals surface area (Å²) in [6, 6.07) is 14.1. The van der Waals surface area contributed by atoms with E-state index in [2.05, 4.69) is 34.5 Å². The Labute approximate surface area is 124 Å². The fourth-order valence-electron chi connectivity index (χ4n) is 2.53. The van der Waals surface area contributed by atoms with Crippen molar-refractivity contribution >= 4 is 34.4 Å². The molecule has 0 bridgehead atoms. The maximum absolute atomic E-state index is 6.02. The highest BCUT2D eigenvalue weighted by Crippen LogP contribution is 2.30. The monoisotopic (exact) mass is 287 g/mol. The Morgan fingerprint density at radius 3 is 2.40 bits per heavy atom. The Kier molecular flexibility index (Phi) is 3.70. The number of benzene rings is 2. The molecule has 0 radical (unpaired) electrons. The first-order chi connectivity index (χ1) is 9.74. The molecule has 20 heavy (non-hydrogen) atoms. The van der Waals surface area contributed by atoms with Gasteiger partial charge in [0.1, 0.15) is 0 Å². The highest BCUT2D eigenvalue weighted by molar-refractivity contribution is 6.33. The highest BCUT2D eigenvalue weighted by Gasteiger charge is 2.11. The smallest absolute Gasteiger partial charge is 0.0742 e. The molecule has 3 rings (SSSR count). The number of anilines is 4. The van der Waals surface area contributed by atoms with E-state index in [1.165, 1.54) is 18.5 Å². The maximum atomic E-state index is 6.02. The fraction of sp³-hybridized carbons (Fsp3) is 0.250. The molecular weight excluding hydrogens is 270 g/mol. The molecule has 2 aromatic carbocycles. The summed E-state index contributed by atoms with van der Waals surface area (Å²) in [5.41, 5.74) is 9.68. The van der Waals surface area contributed by atoms with Crippen LogP contribution in [0.2, 0.25) is 5.02 Å². The molecule has 0 aromatic heterocycles. The van der Waals surface area contributed by atoms with Crippen molar-refractivity contribution in [2.24, 2.45) is 0 Å². The zero-order valence-electron chi connectivity index (χ0n) is 11.3. The van der Waals surface area contributed by atoms with Gasteiger partial charge in [-0.3, -0.25) is 0 Å². The molecule has 3 N–H and O–H groups in total. The number of nitrogens with one attached hydrogen (secondary N) is 1. The zero-order valence-corrected chi connectivity index (χ0v) is 12.0. The molecule has 1 aliphatic rings. The van der Waals surface area contributed by atoms with Gasteiger partial charge < -0.3 is 16.0 Å². The van der Waals surface area contributed by atoms with Crippen molar-refractivity contribution in [3.8, 4) is 0 Å². The number of nitrogen functional groups attached to an aromatic ring is 1. The summed E-state index contributed by atoms with van der Waals surface area (Å²) in [6.45, 7) is 2.32. The molecule has 1 heterocycles. The van der Waals surface area contributed by atoms with Crippen molar-refractivity contribution in [2.75, 3.05) is 29.0 Å². The lowest BCUT2D eigenvalue weighted by molar-refractivity contribution is 0.949. The molecule has 3 nitrogen and oxygen atoms in total. The third kappa shape index (κ3) is 2.68. The SMILES string of the molecule is Nc1c(Cl)cccc1Nc1ccc(N2CCCC2)cc1. The maximum Gasteiger partial charge on any atom is 0.0742 e. The normalized spacial score (nSPS) is 14.6. The van der Waals surface area contributed by atoms with Crippen LogP contribution in [-0.4, -0.2) is 13.1 Å². The van der Waals surface area contributed by atoms with Crippen LogP contribution in [0, 0.1) is 0 Å². The molecule has 0 amide bonds. The molecule has 1 saturated heterocycles. The first-order valence-corrected chi connectivity index (χ1v) is 7.28. The largest absolute Gasteiger partial charge is 0.396 e. The molecule has 2 aromatic rings. The first kappa shape index (κ1) is 13.1. The van der Waals surface area contributed by atoms with Gasteiger partial charge in [-0.25, -0.2) is 0 Å². The average molecular weight is 288 g/mol. The topological polar surface area (TPSA) is 41.3 Å². The summed E-state index contributed by atoms with van der Waals surface area (Å²) in [6.07, 6.45) is 2.58. The molecule has 0 spiro atoms. The van der Waals surface area contributed by atoms with Crippen LogP contribution in [0.3, 0.4) is 0 Å². The summed E-state index contributed by atoms with van der Waals surface area (Å²) >= 11 is 6.02. The predicted molar refractivity (Wildman–Crippen MR) is 87.0 cm³/mol. The van der Waals surface area contributed by atoms with Crippen LogP contribution in [0.25, 0.3) is 0 Å². The van der Waals surface area contributed by atoms with Crippen LogP contribution in [0.15, 0.2) is 42.5 Å². The van der Waals surface area contributed by atoms with E-state index in [9.17, 15) is 0 Å². The Bertz CT molecular complexity index is 589. The van der Waals surface area contributed by atoms with E-state index in [1.807, 2.05) is 12.1 Å². The van der Waals surface area contributed by atoms with E-state index < -0.39 is 0 Å². The van der Waals surface area contributed by atoms with Crippen LogP contribution < -0.4 is 16.0 Å². The van der Waals surface area contributed by atoms with Gasteiger partial charge >= 0.3 is 0 Å². The number of halogens is 1. The lowest BCUT2D eigenvalue weighted by Gasteiger charge is -2.18. The Balaban J connectivity index is 1.76. The van der Waals surface area contributed by atoms with Gasteiger partial charge in [-0.15, -0.1) is 0 Å². The lowest BCUT2D eigenvalue weighted by Crippen LogP contribution is -2.17. The van der Waals surface area contributed by atoms with Crippen LogP contribution in [0.1, 0.15) is 12.8 Å². The van der Waals surface area contributed by atoms with E-state index in [4.69, 9.17) is 17.3 Å². The van der Waals surface area contributed by atoms with Gasteiger partial charge in [0.25, 0.3) is 0 Å². The van der Waals surface area contributed by atoms with Gasteiger partial charge in [-0.2, -0.15) is 0 Å². The third-order valence-electron chi connectivity index (χ3n) is 3.67. The van der Waals surface area contributed by atoms with Crippen molar-refractivity contribution in [2.45, 2.75) is 12.8 Å². The number of para-hydroxylation sites is 1. The van der Waals surface area contributed by atoms with Crippen LogP contribution in [-0.2, 0) is 0 Å². The molecule has 104 valence electrons. The molecule has 0 unspecified atom stereocenters. The summed E-state index contributed by atoms with van der Waals surface area (Å²) in [5.74, 6) is 0. The molecule has 0 saturated carbocycles. The van der Waals surface area contributed by atoms with Gasteiger partial charge in [0.05, 0.1) is 16.4 Å². The Morgan fingerprint density at radius 1 is 1.00 bits per heavy atom. The third-order valence-corrected chi connectivity index (χ3v) is 4.00. The Morgan fingerprint density at radius 2 is 1.70 bits per heavy atom. The van der Waals surface area contributed by atoms with Gasteiger partial charge in [0, 0.05) is 24.5 Å². The van der Waals surface area contributed by atoms with Gasteiger partial charge in [0.15, 0.2) is 0 Å². The van der Waals surface area contributed by atoms with Crippen LogP contribution in [0.4, 0.5) is 22.7 Å². The second-order valence-corrected chi connectivity index (χ2v) is 5.47. The van der Waals surface area contributed by atoms with E-state index in [0.717, 1.165) is 24.5 Å². The molecular formula is C16H18ClN3. The number of nitrogens with zero attached hydrogens (tertiary/aromatic N) is 1. The van der Waals surface area contributed by atoms with Crippen molar-refractivity contribution < 1.29 is 0 Å². The highest BCUT2D eigenvalue weighted by atomic mass is 35.5. The van der Waals surface area contributed by atoms with Gasteiger partial charge in [0.2, 0.25) is 0 Å². The number of hydrogen-bond donors (Lipinski definition) is 2. The summed E-state index contributed by atoms with van der Waals surface area (Å²) in [4.78, 5) is 2.41. The molecule has 1 fully saturated rings. The molecule has 4 heteroatoms. The quantitative estimate of drug-likeness (QED) is 0.829. The van der Waals surface area contributed by atoms with E-state index >= 15 is 0 Å². The van der Waals surface area contributed by atoms with Crippen molar-refractivity contribution in [1.29, 1.82) is 0 Å². The van der Waals surface area contributed by atoms with Crippen LogP contribution in [0.5, 0.6) is 0 Å². The second kappa shape index (κ2) is 5.63. The van der Waals surface area contributed by atoms with Crippen molar-refractivity contribution in [3.05, 3.63) is 47.5 Å². The minimum Gasteiger partial charge on any atom is -0.396 e. The average Bonchev–Trinajstić information content (AvgIpc) is 2.99. The van der Waals surface area contributed by atoms with Crippen LogP contribution >= 0.6 is 11.6 Å². The van der Waals surface area contributed by atoms with Gasteiger partial charge in [-0.1, -0.05) is 17.7 Å². The minimum atomic E-state index is 0.573. The summed E-state index contributed by atoms with van der Waals surface area (Å²) in [7, 11) is 0. The van der Waals surface area contributed by atoms with E-state index in [-0.39, 0.29) is 0 Å². The zero-order chi connectivity index (χ0) is 13.9. The predicted octanol–water partition coefficient (Wildman–Crippen LogP) is 4.27. The molecule has 0 atom stereocenters.